The number of carbonyl (C=O) groups excluding carboxylic acids is 2. The van der Waals surface area contributed by atoms with E-state index in [0.717, 1.165) is 19.3 Å². The highest BCUT2D eigenvalue weighted by Crippen LogP contribution is 2.26. The maximum absolute atomic E-state index is 12.5. The first-order chi connectivity index (χ1) is 14.2. The molecule has 0 bridgehead atoms. The molecule has 0 N–H and O–H groups in total. The molecule has 2 saturated heterocycles. The molecule has 0 radical (unpaired) electrons. The highest BCUT2D eigenvalue weighted by atomic mass is 32.2. The molecular weight excluding hydrogens is 388 g/mol. The molecule has 7 nitrogen and oxygen atoms in total. The summed E-state index contributed by atoms with van der Waals surface area (Å²) in [4.78, 5) is 36.9. The minimum atomic E-state index is -0.229. The third-order valence-corrected chi connectivity index (χ3v) is 6.26. The standard InChI is InChI=1S/C21H24N4O3S/c26-19(15-29-20-22-9-4-10-23-20)24-11-7-17(8-12-24)25-18(14-28-21(25)27)13-16-5-2-1-3-6-16/h1-6,9-10,17-18H,7-8,11-15H2. The lowest BCUT2D eigenvalue weighted by atomic mass is 9.99. The first-order valence-corrected chi connectivity index (χ1v) is 10.9. The summed E-state index contributed by atoms with van der Waals surface area (Å²) in [7, 11) is 0. The van der Waals surface area contributed by atoms with Gasteiger partial charge in [0.15, 0.2) is 5.16 Å². The van der Waals surface area contributed by atoms with Crippen LogP contribution in [0.25, 0.3) is 0 Å². The van der Waals surface area contributed by atoms with Crippen molar-refractivity contribution in [3.63, 3.8) is 0 Å². The van der Waals surface area contributed by atoms with Crippen LogP contribution in [-0.4, -0.2) is 69.3 Å². The van der Waals surface area contributed by atoms with Crippen LogP contribution in [0.15, 0.2) is 53.9 Å². The van der Waals surface area contributed by atoms with E-state index in [1.165, 1.54) is 17.3 Å². The van der Waals surface area contributed by atoms with Crippen LogP contribution >= 0.6 is 11.8 Å². The Morgan fingerprint density at radius 1 is 1.10 bits per heavy atom. The Kier molecular flexibility index (Phi) is 6.29. The molecule has 2 amide bonds. The van der Waals surface area contributed by atoms with Gasteiger partial charge in [-0.3, -0.25) is 9.69 Å². The molecule has 1 atom stereocenters. The lowest BCUT2D eigenvalue weighted by molar-refractivity contribution is -0.129. The van der Waals surface area contributed by atoms with Gasteiger partial charge in [-0.05, 0) is 30.9 Å². The molecule has 1 unspecified atom stereocenters. The minimum Gasteiger partial charge on any atom is -0.447 e. The predicted molar refractivity (Wildman–Crippen MR) is 109 cm³/mol. The molecule has 1 aromatic carbocycles. The van der Waals surface area contributed by atoms with Crippen molar-refractivity contribution in [3.05, 3.63) is 54.4 Å². The number of aromatic nitrogens is 2. The van der Waals surface area contributed by atoms with Crippen molar-refractivity contribution in [1.29, 1.82) is 0 Å². The predicted octanol–water partition coefficient (Wildman–Crippen LogP) is 2.62. The van der Waals surface area contributed by atoms with Crippen molar-refractivity contribution in [2.45, 2.75) is 36.5 Å². The molecular formula is C21H24N4O3S. The number of hydrogen-bond donors (Lipinski definition) is 0. The van der Waals surface area contributed by atoms with E-state index < -0.39 is 0 Å². The number of nitrogens with zero attached hydrogens (tertiary/aromatic N) is 4. The molecule has 1 aromatic heterocycles. The average Bonchev–Trinajstić information content (AvgIpc) is 3.13. The molecule has 0 aliphatic carbocycles. The van der Waals surface area contributed by atoms with Crippen LogP contribution < -0.4 is 0 Å². The third kappa shape index (κ3) is 4.87. The average molecular weight is 413 g/mol. The van der Waals surface area contributed by atoms with Crippen LogP contribution in [0.1, 0.15) is 18.4 Å². The Morgan fingerprint density at radius 3 is 2.55 bits per heavy atom. The van der Waals surface area contributed by atoms with Gasteiger partial charge in [0.2, 0.25) is 5.91 Å². The number of ether oxygens (including phenoxy) is 1. The van der Waals surface area contributed by atoms with E-state index in [1.807, 2.05) is 28.0 Å². The van der Waals surface area contributed by atoms with E-state index in [2.05, 4.69) is 22.1 Å². The maximum Gasteiger partial charge on any atom is 0.410 e. The van der Waals surface area contributed by atoms with Crippen molar-refractivity contribution in [1.82, 2.24) is 19.8 Å². The van der Waals surface area contributed by atoms with Crippen LogP contribution in [0.2, 0.25) is 0 Å². The second-order valence-electron chi connectivity index (χ2n) is 7.26. The fourth-order valence-electron chi connectivity index (χ4n) is 3.93. The SMILES string of the molecule is O=C(CSc1ncccn1)N1CCC(N2C(=O)OCC2Cc2ccccc2)CC1. The van der Waals surface area contributed by atoms with Gasteiger partial charge in [0.25, 0.3) is 0 Å². The molecule has 29 heavy (non-hydrogen) atoms. The quantitative estimate of drug-likeness (QED) is 0.536. The van der Waals surface area contributed by atoms with Crippen LogP contribution in [0.3, 0.4) is 0 Å². The molecule has 152 valence electrons. The Hall–Kier alpha value is -2.61. The zero-order chi connectivity index (χ0) is 20.1. The number of hydrogen-bond acceptors (Lipinski definition) is 6. The summed E-state index contributed by atoms with van der Waals surface area (Å²) in [6, 6.07) is 12.1. The third-order valence-electron chi connectivity index (χ3n) is 5.39. The Labute approximate surface area is 174 Å². The Bertz CT molecular complexity index is 828. The van der Waals surface area contributed by atoms with Gasteiger partial charge < -0.3 is 9.64 Å². The summed E-state index contributed by atoms with van der Waals surface area (Å²) in [5, 5.41) is 0.610. The fraction of sp³-hybridized carbons (Fsp3) is 0.429. The van der Waals surface area contributed by atoms with Crippen molar-refractivity contribution in [2.75, 3.05) is 25.4 Å². The summed E-state index contributed by atoms with van der Waals surface area (Å²) < 4.78 is 5.35. The largest absolute Gasteiger partial charge is 0.447 e. The summed E-state index contributed by atoms with van der Waals surface area (Å²) in [6.07, 6.45) is 5.46. The van der Waals surface area contributed by atoms with Gasteiger partial charge in [-0.2, -0.15) is 0 Å². The van der Waals surface area contributed by atoms with Crippen molar-refractivity contribution < 1.29 is 14.3 Å². The zero-order valence-corrected chi connectivity index (χ0v) is 17.0. The maximum atomic E-state index is 12.5. The molecule has 2 aliphatic heterocycles. The molecule has 3 heterocycles. The molecule has 2 aliphatic rings. The molecule has 2 aromatic rings. The van der Waals surface area contributed by atoms with E-state index in [-0.39, 0.29) is 24.1 Å². The summed E-state index contributed by atoms with van der Waals surface area (Å²) in [6.45, 7) is 1.74. The summed E-state index contributed by atoms with van der Waals surface area (Å²) >= 11 is 1.35. The van der Waals surface area contributed by atoms with Gasteiger partial charge in [0.1, 0.15) is 6.61 Å². The lowest BCUT2D eigenvalue weighted by Gasteiger charge is -2.37. The van der Waals surface area contributed by atoms with E-state index in [0.29, 0.717) is 30.6 Å². The van der Waals surface area contributed by atoms with Gasteiger partial charge in [-0.25, -0.2) is 14.8 Å². The smallest absolute Gasteiger partial charge is 0.410 e. The number of carbonyl (C=O) groups is 2. The zero-order valence-electron chi connectivity index (χ0n) is 16.1. The molecule has 0 spiro atoms. The number of likely N-dealkylation sites (tertiary alicyclic amines) is 1. The number of cyclic esters (lactones) is 1. The van der Waals surface area contributed by atoms with Crippen molar-refractivity contribution in [3.8, 4) is 0 Å². The van der Waals surface area contributed by atoms with Crippen LogP contribution in [-0.2, 0) is 16.0 Å². The topological polar surface area (TPSA) is 75.6 Å². The normalized spacial score (nSPS) is 20.0. The van der Waals surface area contributed by atoms with Gasteiger partial charge in [-0.1, -0.05) is 42.1 Å². The first-order valence-electron chi connectivity index (χ1n) is 9.87. The Balaban J connectivity index is 1.29. The first kappa shape index (κ1) is 19.7. The van der Waals surface area contributed by atoms with E-state index in [9.17, 15) is 9.59 Å². The second kappa shape index (κ2) is 9.26. The summed E-state index contributed by atoms with van der Waals surface area (Å²) in [5.74, 6) is 0.419. The van der Waals surface area contributed by atoms with Crippen molar-refractivity contribution in [2.24, 2.45) is 0 Å². The van der Waals surface area contributed by atoms with E-state index >= 15 is 0 Å². The Morgan fingerprint density at radius 2 is 1.83 bits per heavy atom. The van der Waals surface area contributed by atoms with Crippen LogP contribution in [0, 0.1) is 0 Å². The van der Waals surface area contributed by atoms with E-state index in [1.54, 1.807) is 18.5 Å². The van der Waals surface area contributed by atoms with Gasteiger partial charge in [-0.15, -0.1) is 0 Å². The fourth-order valence-corrected chi connectivity index (χ4v) is 4.64. The lowest BCUT2D eigenvalue weighted by Crippen LogP contribution is -2.50. The number of benzene rings is 1. The minimum absolute atomic E-state index is 0.0583. The monoisotopic (exact) mass is 412 g/mol. The molecule has 4 rings (SSSR count). The highest BCUT2D eigenvalue weighted by molar-refractivity contribution is 7.99. The van der Waals surface area contributed by atoms with Crippen molar-refractivity contribution >= 4 is 23.8 Å². The number of rotatable bonds is 6. The number of amides is 2. The summed E-state index contributed by atoms with van der Waals surface area (Å²) in [5.41, 5.74) is 1.20. The second-order valence-corrected chi connectivity index (χ2v) is 8.20. The molecule has 2 fully saturated rings. The number of piperidine rings is 1. The van der Waals surface area contributed by atoms with Gasteiger partial charge in [0, 0.05) is 31.5 Å². The highest BCUT2D eigenvalue weighted by Gasteiger charge is 2.39. The van der Waals surface area contributed by atoms with Gasteiger partial charge >= 0.3 is 6.09 Å². The molecule has 0 saturated carbocycles. The molecule has 8 heteroatoms. The van der Waals surface area contributed by atoms with Crippen LogP contribution in [0.4, 0.5) is 4.79 Å². The van der Waals surface area contributed by atoms with Gasteiger partial charge in [0.05, 0.1) is 11.8 Å². The van der Waals surface area contributed by atoms with Crippen LogP contribution in [0.5, 0.6) is 0 Å². The van der Waals surface area contributed by atoms with E-state index in [4.69, 9.17) is 4.74 Å². The number of thioether (sulfide) groups is 1.